The van der Waals surface area contributed by atoms with Gasteiger partial charge >= 0.3 is 0 Å². The van der Waals surface area contributed by atoms with E-state index in [2.05, 4.69) is 15.3 Å². The summed E-state index contributed by atoms with van der Waals surface area (Å²) in [6, 6.07) is 4.06. The van der Waals surface area contributed by atoms with Crippen molar-refractivity contribution in [2.75, 3.05) is 11.9 Å². The van der Waals surface area contributed by atoms with Gasteiger partial charge in [-0.2, -0.15) is 0 Å². The summed E-state index contributed by atoms with van der Waals surface area (Å²) < 4.78 is 5.44. The topological polar surface area (TPSA) is 107 Å². The van der Waals surface area contributed by atoms with E-state index in [-0.39, 0.29) is 17.3 Å². The minimum absolute atomic E-state index is 0.0268. The van der Waals surface area contributed by atoms with Crippen molar-refractivity contribution in [1.82, 2.24) is 9.97 Å². The molecule has 0 saturated heterocycles. The Balaban J connectivity index is 2.40. The highest BCUT2D eigenvalue weighted by molar-refractivity contribution is 6.05. The van der Waals surface area contributed by atoms with Gasteiger partial charge in [0.15, 0.2) is 0 Å². The Labute approximate surface area is 145 Å². The van der Waals surface area contributed by atoms with Crippen molar-refractivity contribution in [3.8, 4) is 5.75 Å². The number of non-ortho nitro benzene ring substituents is 1. The number of nitrogens with zero attached hydrogens (tertiary/aromatic N) is 3. The quantitative estimate of drug-likeness (QED) is 0.635. The molecule has 0 unspecified atom stereocenters. The number of anilines is 1. The third-order valence-electron chi connectivity index (χ3n) is 3.45. The Bertz CT molecular complexity index is 805. The number of nitro groups is 1. The molecule has 1 heterocycles. The number of nitrogens with one attached hydrogen (secondary N) is 1. The second kappa shape index (κ2) is 7.69. The van der Waals surface area contributed by atoms with Gasteiger partial charge in [0.2, 0.25) is 0 Å². The summed E-state index contributed by atoms with van der Waals surface area (Å²) in [5, 5.41) is 13.7. The molecule has 132 valence electrons. The predicted octanol–water partition coefficient (Wildman–Crippen LogP) is 3.47. The smallest absolute Gasteiger partial charge is 0.271 e. The Morgan fingerprint density at radius 1 is 1.40 bits per heavy atom. The van der Waals surface area contributed by atoms with E-state index in [1.165, 1.54) is 24.4 Å². The average Bonchev–Trinajstić information content (AvgIpc) is 2.56. The maximum absolute atomic E-state index is 12.7. The molecule has 0 atom stereocenters. The van der Waals surface area contributed by atoms with Crippen LogP contribution in [0.5, 0.6) is 5.75 Å². The van der Waals surface area contributed by atoms with E-state index in [9.17, 15) is 14.9 Å². The van der Waals surface area contributed by atoms with Gasteiger partial charge in [0.05, 0.1) is 28.5 Å². The Morgan fingerprint density at radius 2 is 2.12 bits per heavy atom. The highest BCUT2D eigenvalue weighted by Crippen LogP contribution is 2.30. The molecule has 2 rings (SSSR count). The van der Waals surface area contributed by atoms with Crippen molar-refractivity contribution >= 4 is 17.3 Å². The number of hydrogen-bond acceptors (Lipinski definition) is 6. The molecule has 2 aromatic rings. The second-order valence-electron chi connectivity index (χ2n) is 5.70. The third kappa shape index (κ3) is 4.28. The molecule has 0 aliphatic heterocycles. The van der Waals surface area contributed by atoms with Crippen LogP contribution < -0.4 is 10.1 Å². The Kier molecular flexibility index (Phi) is 5.63. The number of aromatic nitrogens is 2. The molecule has 0 spiro atoms. The second-order valence-corrected chi connectivity index (χ2v) is 5.70. The summed E-state index contributed by atoms with van der Waals surface area (Å²) >= 11 is 0. The van der Waals surface area contributed by atoms with Crippen LogP contribution in [0.3, 0.4) is 0 Å². The zero-order valence-corrected chi connectivity index (χ0v) is 14.6. The van der Waals surface area contributed by atoms with Crippen molar-refractivity contribution in [2.45, 2.75) is 33.6 Å². The van der Waals surface area contributed by atoms with Gasteiger partial charge in [0, 0.05) is 18.3 Å². The van der Waals surface area contributed by atoms with Crippen molar-refractivity contribution in [3.05, 3.63) is 51.6 Å². The summed E-state index contributed by atoms with van der Waals surface area (Å²) in [6.45, 7) is 7.76. The minimum atomic E-state index is -0.528. The monoisotopic (exact) mass is 344 g/mol. The highest BCUT2D eigenvalue weighted by atomic mass is 16.6. The molecule has 0 aliphatic carbocycles. The standard InChI is InChI=1S/C17H20N4O4/c1-5-25-15-7-6-12(21(23)24)8-14(15)20-17(22)13-9-18-11(4)19-16(13)10(2)3/h6-10H,5H2,1-4H3,(H,20,22). The lowest BCUT2D eigenvalue weighted by molar-refractivity contribution is -0.384. The molecule has 1 aromatic carbocycles. The number of carbonyl (C=O) groups excluding carboxylic acids is 1. The van der Waals surface area contributed by atoms with Crippen LogP contribution in [0.25, 0.3) is 0 Å². The number of aryl methyl sites for hydroxylation is 1. The van der Waals surface area contributed by atoms with Crippen molar-refractivity contribution in [1.29, 1.82) is 0 Å². The van der Waals surface area contributed by atoms with E-state index >= 15 is 0 Å². The fraction of sp³-hybridized carbons (Fsp3) is 0.353. The molecular weight excluding hydrogens is 324 g/mol. The van der Waals surface area contributed by atoms with Crippen LogP contribution in [0.1, 0.15) is 48.6 Å². The van der Waals surface area contributed by atoms with Crippen molar-refractivity contribution in [3.63, 3.8) is 0 Å². The average molecular weight is 344 g/mol. The van der Waals surface area contributed by atoms with E-state index in [1.807, 2.05) is 13.8 Å². The van der Waals surface area contributed by atoms with Crippen LogP contribution in [0.2, 0.25) is 0 Å². The largest absolute Gasteiger partial charge is 0.492 e. The summed E-state index contributed by atoms with van der Waals surface area (Å²) in [5.74, 6) is 0.523. The fourth-order valence-corrected chi connectivity index (χ4v) is 2.30. The van der Waals surface area contributed by atoms with Gasteiger partial charge in [-0.05, 0) is 25.8 Å². The van der Waals surface area contributed by atoms with Gasteiger partial charge in [0.25, 0.3) is 11.6 Å². The number of rotatable bonds is 6. The zero-order valence-electron chi connectivity index (χ0n) is 14.6. The fourth-order valence-electron chi connectivity index (χ4n) is 2.30. The summed E-state index contributed by atoms with van der Waals surface area (Å²) in [4.78, 5) is 31.5. The van der Waals surface area contributed by atoms with Crippen molar-refractivity contribution < 1.29 is 14.5 Å². The first-order chi connectivity index (χ1) is 11.8. The molecule has 1 amide bonds. The maximum atomic E-state index is 12.7. The van der Waals surface area contributed by atoms with Gasteiger partial charge in [-0.1, -0.05) is 13.8 Å². The Morgan fingerprint density at radius 3 is 2.72 bits per heavy atom. The molecule has 8 nitrogen and oxygen atoms in total. The SMILES string of the molecule is CCOc1ccc([N+](=O)[O-])cc1NC(=O)c1cnc(C)nc1C(C)C. The van der Waals surface area contributed by atoms with Crippen LogP contribution in [0, 0.1) is 17.0 Å². The van der Waals surface area contributed by atoms with Crippen LogP contribution >= 0.6 is 0 Å². The molecule has 0 fully saturated rings. The molecule has 1 aromatic heterocycles. The van der Waals surface area contributed by atoms with Gasteiger partial charge in [-0.25, -0.2) is 9.97 Å². The maximum Gasteiger partial charge on any atom is 0.271 e. The number of benzene rings is 1. The first kappa shape index (κ1) is 18.3. The van der Waals surface area contributed by atoms with E-state index in [4.69, 9.17) is 4.74 Å². The molecule has 25 heavy (non-hydrogen) atoms. The summed E-state index contributed by atoms with van der Waals surface area (Å²) in [6.07, 6.45) is 1.46. The third-order valence-corrected chi connectivity index (χ3v) is 3.45. The first-order valence-corrected chi connectivity index (χ1v) is 7.89. The highest BCUT2D eigenvalue weighted by Gasteiger charge is 2.19. The lowest BCUT2D eigenvalue weighted by atomic mass is 10.0. The lowest BCUT2D eigenvalue weighted by Gasteiger charge is -2.14. The number of carbonyl (C=O) groups is 1. The van der Waals surface area contributed by atoms with Crippen LogP contribution in [-0.4, -0.2) is 27.4 Å². The number of nitro benzene ring substituents is 1. The van der Waals surface area contributed by atoms with Crippen molar-refractivity contribution in [2.24, 2.45) is 0 Å². The summed E-state index contributed by atoms with van der Waals surface area (Å²) in [5.41, 5.74) is 1.04. The minimum Gasteiger partial charge on any atom is -0.492 e. The van der Waals surface area contributed by atoms with Crippen LogP contribution in [0.15, 0.2) is 24.4 Å². The molecule has 0 saturated carbocycles. The van der Waals surface area contributed by atoms with Gasteiger partial charge < -0.3 is 10.1 Å². The lowest BCUT2D eigenvalue weighted by Crippen LogP contribution is -2.18. The van der Waals surface area contributed by atoms with E-state index in [0.717, 1.165) is 0 Å². The first-order valence-electron chi connectivity index (χ1n) is 7.89. The van der Waals surface area contributed by atoms with Gasteiger partial charge in [0.1, 0.15) is 11.6 Å². The molecule has 0 bridgehead atoms. The number of ether oxygens (including phenoxy) is 1. The molecule has 1 N–H and O–H groups in total. The zero-order chi connectivity index (χ0) is 18.6. The number of hydrogen-bond donors (Lipinski definition) is 1. The molecular formula is C17H20N4O4. The molecule has 0 radical (unpaired) electrons. The normalized spacial score (nSPS) is 10.6. The Hall–Kier alpha value is -3.03. The molecule has 8 heteroatoms. The van der Waals surface area contributed by atoms with Gasteiger partial charge in [-0.3, -0.25) is 14.9 Å². The molecule has 0 aliphatic rings. The van der Waals surface area contributed by atoms with Gasteiger partial charge in [-0.15, -0.1) is 0 Å². The van der Waals surface area contributed by atoms with E-state index < -0.39 is 10.8 Å². The number of amides is 1. The van der Waals surface area contributed by atoms with E-state index in [0.29, 0.717) is 29.4 Å². The van der Waals surface area contributed by atoms with Crippen LogP contribution in [-0.2, 0) is 0 Å². The van der Waals surface area contributed by atoms with Crippen LogP contribution in [0.4, 0.5) is 11.4 Å². The van der Waals surface area contributed by atoms with E-state index in [1.54, 1.807) is 13.8 Å². The summed E-state index contributed by atoms with van der Waals surface area (Å²) in [7, 11) is 0. The predicted molar refractivity (Wildman–Crippen MR) is 93.1 cm³/mol.